The molecular weight excluding hydrogens is 242 g/mol. The van der Waals surface area contributed by atoms with Crippen molar-refractivity contribution in [3.05, 3.63) is 83.4 Å². The molecular formula is C19H17N. The molecule has 0 heterocycles. The summed E-state index contributed by atoms with van der Waals surface area (Å²) in [5, 5.41) is 9.25. The molecule has 0 atom stereocenters. The number of hydrogen-bond acceptors (Lipinski definition) is 1. The Balaban J connectivity index is 2.17. The first-order valence-electron chi connectivity index (χ1n) is 6.76. The average Bonchev–Trinajstić information content (AvgIpc) is 2.53. The standard InChI is InChI=1S/C19H17N/c1-2-16-11-13-18(14-12-16)19(15-20)10-6-9-17-7-4-3-5-8-17/h3-14H,2H2,1H3/b9-6-,19-10-. The van der Waals surface area contributed by atoms with Crippen molar-refractivity contribution in [1.29, 1.82) is 5.26 Å². The fraction of sp³-hybridized carbons (Fsp3) is 0.105. The van der Waals surface area contributed by atoms with Gasteiger partial charge in [0.2, 0.25) is 0 Å². The summed E-state index contributed by atoms with van der Waals surface area (Å²) in [5.74, 6) is 0. The van der Waals surface area contributed by atoms with Crippen molar-refractivity contribution in [3.63, 3.8) is 0 Å². The monoisotopic (exact) mass is 259 g/mol. The van der Waals surface area contributed by atoms with Crippen LogP contribution in [0.2, 0.25) is 0 Å². The second-order valence-electron chi connectivity index (χ2n) is 4.51. The second-order valence-corrected chi connectivity index (χ2v) is 4.51. The van der Waals surface area contributed by atoms with Crippen molar-refractivity contribution < 1.29 is 0 Å². The third-order valence-electron chi connectivity index (χ3n) is 3.14. The molecule has 0 saturated heterocycles. The molecule has 0 unspecified atom stereocenters. The molecule has 0 aliphatic heterocycles. The van der Waals surface area contributed by atoms with Crippen LogP contribution in [-0.2, 0) is 6.42 Å². The van der Waals surface area contributed by atoms with Gasteiger partial charge in [-0.05, 0) is 29.2 Å². The van der Waals surface area contributed by atoms with Crippen LogP contribution in [0.3, 0.4) is 0 Å². The molecule has 0 amide bonds. The quantitative estimate of drug-likeness (QED) is 0.567. The van der Waals surface area contributed by atoms with Crippen molar-refractivity contribution in [2.75, 3.05) is 0 Å². The molecule has 2 rings (SSSR count). The van der Waals surface area contributed by atoms with Gasteiger partial charge in [-0.15, -0.1) is 0 Å². The fourth-order valence-electron chi connectivity index (χ4n) is 1.94. The molecule has 0 aromatic heterocycles. The number of aryl methyl sites for hydroxylation is 1. The highest BCUT2D eigenvalue weighted by Crippen LogP contribution is 2.15. The van der Waals surface area contributed by atoms with E-state index >= 15 is 0 Å². The molecule has 0 radical (unpaired) electrons. The van der Waals surface area contributed by atoms with E-state index in [1.54, 1.807) is 0 Å². The van der Waals surface area contributed by atoms with Gasteiger partial charge in [-0.3, -0.25) is 0 Å². The van der Waals surface area contributed by atoms with E-state index in [4.69, 9.17) is 0 Å². The van der Waals surface area contributed by atoms with E-state index in [1.807, 2.05) is 60.7 Å². The first-order valence-corrected chi connectivity index (χ1v) is 6.76. The van der Waals surface area contributed by atoms with E-state index in [-0.39, 0.29) is 0 Å². The van der Waals surface area contributed by atoms with Gasteiger partial charge in [0.15, 0.2) is 0 Å². The van der Waals surface area contributed by atoms with Crippen molar-refractivity contribution >= 4 is 11.6 Å². The largest absolute Gasteiger partial charge is 0.192 e. The summed E-state index contributed by atoms with van der Waals surface area (Å²) in [7, 11) is 0. The second kappa shape index (κ2) is 7.11. The third-order valence-corrected chi connectivity index (χ3v) is 3.14. The van der Waals surface area contributed by atoms with Crippen LogP contribution >= 0.6 is 0 Å². The zero-order valence-corrected chi connectivity index (χ0v) is 11.6. The van der Waals surface area contributed by atoms with Crippen LogP contribution in [0.1, 0.15) is 23.6 Å². The summed E-state index contributed by atoms with van der Waals surface area (Å²) in [4.78, 5) is 0. The highest BCUT2D eigenvalue weighted by atomic mass is 14.2. The van der Waals surface area contributed by atoms with E-state index in [9.17, 15) is 5.26 Å². The predicted molar refractivity (Wildman–Crippen MR) is 84.9 cm³/mol. The number of benzene rings is 2. The Morgan fingerprint density at radius 3 is 2.35 bits per heavy atom. The van der Waals surface area contributed by atoms with Gasteiger partial charge < -0.3 is 0 Å². The number of hydrogen-bond donors (Lipinski definition) is 0. The van der Waals surface area contributed by atoms with Gasteiger partial charge in [0.25, 0.3) is 0 Å². The van der Waals surface area contributed by atoms with Crippen LogP contribution < -0.4 is 0 Å². The topological polar surface area (TPSA) is 23.8 Å². The summed E-state index contributed by atoms with van der Waals surface area (Å²) in [6, 6.07) is 20.5. The van der Waals surface area contributed by atoms with Gasteiger partial charge >= 0.3 is 0 Å². The Hall–Kier alpha value is -2.59. The van der Waals surface area contributed by atoms with E-state index in [1.165, 1.54) is 5.56 Å². The Kier molecular flexibility index (Phi) is 4.92. The Labute approximate surface area is 120 Å². The molecule has 2 aromatic rings. The molecule has 0 bridgehead atoms. The van der Waals surface area contributed by atoms with Gasteiger partial charge in [-0.2, -0.15) is 5.26 Å². The lowest BCUT2D eigenvalue weighted by molar-refractivity contribution is 1.14. The normalized spacial score (nSPS) is 11.5. The molecule has 1 nitrogen and oxygen atoms in total. The molecule has 0 fully saturated rings. The Bertz CT molecular complexity index is 640. The molecule has 2 aromatic carbocycles. The highest BCUT2D eigenvalue weighted by Gasteiger charge is 1.98. The van der Waals surface area contributed by atoms with Gasteiger partial charge in [0.1, 0.15) is 0 Å². The van der Waals surface area contributed by atoms with Crippen LogP contribution in [-0.4, -0.2) is 0 Å². The summed E-state index contributed by atoms with van der Waals surface area (Å²) in [6.07, 6.45) is 6.78. The molecule has 1 heteroatoms. The summed E-state index contributed by atoms with van der Waals surface area (Å²) in [6.45, 7) is 2.12. The van der Waals surface area contributed by atoms with Crippen molar-refractivity contribution in [3.8, 4) is 6.07 Å². The van der Waals surface area contributed by atoms with Crippen LogP contribution in [0.25, 0.3) is 11.6 Å². The number of nitrogens with zero attached hydrogens (tertiary/aromatic N) is 1. The van der Waals surface area contributed by atoms with Gasteiger partial charge in [0, 0.05) is 0 Å². The minimum atomic E-state index is 0.680. The van der Waals surface area contributed by atoms with E-state index in [2.05, 4.69) is 25.1 Å². The minimum absolute atomic E-state index is 0.680. The van der Waals surface area contributed by atoms with Gasteiger partial charge in [0.05, 0.1) is 11.6 Å². The minimum Gasteiger partial charge on any atom is -0.192 e. The number of rotatable bonds is 4. The van der Waals surface area contributed by atoms with E-state index < -0.39 is 0 Å². The van der Waals surface area contributed by atoms with Gasteiger partial charge in [-0.1, -0.05) is 73.7 Å². The maximum atomic E-state index is 9.25. The van der Waals surface area contributed by atoms with Crippen molar-refractivity contribution in [1.82, 2.24) is 0 Å². The zero-order valence-electron chi connectivity index (χ0n) is 11.6. The maximum absolute atomic E-state index is 9.25. The molecule has 0 N–H and O–H groups in total. The lowest BCUT2D eigenvalue weighted by Gasteiger charge is -2.00. The Morgan fingerprint density at radius 2 is 1.75 bits per heavy atom. The van der Waals surface area contributed by atoms with Crippen LogP contribution in [0.15, 0.2) is 66.7 Å². The number of nitriles is 1. The van der Waals surface area contributed by atoms with Crippen LogP contribution in [0.4, 0.5) is 0 Å². The first kappa shape index (κ1) is 13.8. The predicted octanol–water partition coefficient (Wildman–Crippen LogP) is 4.87. The fourth-order valence-corrected chi connectivity index (χ4v) is 1.94. The summed E-state index contributed by atoms with van der Waals surface area (Å²) >= 11 is 0. The molecule has 0 aliphatic rings. The molecule has 20 heavy (non-hydrogen) atoms. The maximum Gasteiger partial charge on any atom is 0.0997 e. The zero-order chi connectivity index (χ0) is 14.2. The smallest absolute Gasteiger partial charge is 0.0997 e. The van der Waals surface area contributed by atoms with Crippen molar-refractivity contribution in [2.45, 2.75) is 13.3 Å². The number of allylic oxidation sites excluding steroid dienone is 3. The summed E-state index contributed by atoms with van der Waals surface area (Å²) < 4.78 is 0. The lowest BCUT2D eigenvalue weighted by atomic mass is 10.0. The molecule has 98 valence electrons. The molecule has 0 saturated carbocycles. The summed E-state index contributed by atoms with van der Waals surface area (Å²) in [5.41, 5.74) is 4.05. The van der Waals surface area contributed by atoms with E-state index in [0.717, 1.165) is 17.5 Å². The van der Waals surface area contributed by atoms with E-state index in [0.29, 0.717) is 5.57 Å². The lowest BCUT2D eigenvalue weighted by Crippen LogP contribution is -1.83. The molecule has 0 aliphatic carbocycles. The Morgan fingerprint density at radius 1 is 1.05 bits per heavy atom. The SMILES string of the molecule is CCc1ccc(/C(C#N)=C\C=C/c2ccccc2)cc1. The first-order chi connectivity index (χ1) is 9.83. The average molecular weight is 259 g/mol. The molecule has 0 spiro atoms. The van der Waals surface area contributed by atoms with Crippen LogP contribution in [0.5, 0.6) is 0 Å². The van der Waals surface area contributed by atoms with Gasteiger partial charge in [-0.25, -0.2) is 0 Å². The van der Waals surface area contributed by atoms with Crippen molar-refractivity contribution in [2.24, 2.45) is 0 Å². The van der Waals surface area contributed by atoms with Crippen LogP contribution in [0, 0.1) is 11.3 Å². The highest BCUT2D eigenvalue weighted by molar-refractivity contribution is 5.78. The third kappa shape index (κ3) is 3.70.